The molecular weight excluding hydrogens is 312 g/mol. The summed E-state index contributed by atoms with van der Waals surface area (Å²) in [5.41, 5.74) is 2.79. The van der Waals surface area contributed by atoms with E-state index in [0.717, 1.165) is 31.9 Å². The highest BCUT2D eigenvalue weighted by atomic mass is 16.4. The molecule has 1 fully saturated rings. The van der Waals surface area contributed by atoms with Gasteiger partial charge in [-0.2, -0.15) is 0 Å². The number of anilines is 1. The second-order valence-electron chi connectivity index (χ2n) is 5.88. The lowest BCUT2D eigenvalue weighted by Crippen LogP contribution is -2.44. The molecule has 1 aromatic heterocycles. The molecule has 0 atom stereocenters. The maximum Gasteiger partial charge on any atom is 0.345 e. The number of fused-ring (bicyclic) bond motifs is 1. The molecule has 0 spiro atoms. The predicted octanol–water partition coefficient (Wildman–Crippen LogP) is 0.330. The summed E-state index contributed by atoms with van der Waals surface area (Å²) in [4.78, 5) is 28.1. The first kappa shape index (κ1) is 16.1. The van der Waals surface area contributed by atoms with Gasteiger partial charge >= 0.3 is 5.97 Å². The van der Waals surface area contributed by atoms with Crippen molar-refractivity contribution in [3.63, 3.8) is 0 Å². The van der Waals surface area contributed by atoms with Crippen molar-refractivity contribution < 1.29 is 15.0 Å². The molecule has 0 aliphatic carbocycles. The molecule has 8 heteroatoms. The molecule has 1 aromatic carbocycles. The number of nitrogens with zero attached hydrogens (tertiary/aromatic N) is 3. The van der Waals surface area contributed by atoms with Gasteiger partial charge in [0, 0.05) is 44.3 Å². The van der Waals surface area contributed by atoms with Crippen molar-refractivity contribution in [2.45, 2.75) is 0 Å². The first-order valence-corrected chi connectivity index (χ1v) is 7.70. The van der Waals surface area contributed by atoms with Crippen molar-refractivity contribution in [3.05, 3.63) is 34.0 Å². The minimum absolute atomic E-state index is 0.248. The Kier molecular flexibility index (Phi) is 4.06. The molecule has 0 unspecified atom stereocenters. The van der Waals surface area contributed by atoms with E-state index in [1.165, 1.54) is 4.68 Å². The maximum atomic E-state index is 12.4. The number of likely N-dealkylation sites (N-methyl/N-ethyl adjacent to an activating group) is 1. The molecule has 8 nitrogen and oxygen atoms in total. The zero-order chi connectivity index (χ0) is 17.4. The number of nitrogens with one attached hydrogen (secondary N) is 1. The fourth-order valence-corrected chi connectivity index (χ4v) is 3.04. The summed E-state index contributed by atoms with van der Waals surface area (Å²) in [5.74, 6) is -2.05. The molecule has 128 valence electrons. The highest BCUT2D eigenvalue weighted by Crippen LogP contribution is 2.25. The van der Waals surface area contributed by atoms with Gasteiger partial charge in [-0.1, -0.05) is 0 Å². The van der Waals surface area contributed by atoms with Gasteiger partial charge in [0.15, 0.2) is 5.56 Å². The van der Waals surface area contributed by atoms with Crippen LogP contribution < -0.4 is 15.8 Å². The van der Waals surface area contributed by atoms with Crippen LogP contribution in [0.15, 0.2) is 23.0 Å². The van der Waals surface area contributed by atoms with Crippen LogP contribution in [0.1, 0.15) is 10.4 Å². The number of benzene rings is 1. The Morgan fingerprint density at radius 3 is 2.46 bits per heavy atom. The van der Waals surface area contributed by atoms with Crippen LogP contribution >= 0.6 is 0 Å². The second kappa shape index (κ2) is 6.04. The van der Waals surface area contributed by atoms with E-state index in [2.05, 4.69) is 22.3 Å². The number of carboxylic acids is 1. The Bertz CT molecular complexity index is 853. The lowest BCUT2D eigenvalue weighted by atomic mass is 10.1. The average molecular weight is 332 g/mol. The molecule has 0 bridgehead atoms. The van der Waals surface area contributed by atoms with E-state index in [-0.39, 0.29) is 5.39 Å². The van der Waals surface area contributed by atoms with Crippen molar-refractivity contribution in [1.82, 2.24) is 9.58 Å². The van der Waals surface area contributed by atoms with Crippen LogP contribution in [0.5, 0.6) is 5.88 Å². The monoisotopic (exact) mass is 332 g/mol. The first-order chi connectivity index (χ1) is 11.4. The second-order valence-corrected chi connectivity index (χ2v) is 5.88. The molecule has 2 heterocycles. The van der Waals surface area contributed by atoms with E-state index in [1.807, 2.05) is 6.07 Å². The lowest BCUT2D eigenvalue weighted by Gasteiger charge is -2.34. The summed E-state index contributed by atoms with van der Waals surface area (Å²) in [6, 6.07) is 5.23. The number of rotatable bonds is 3. The van der Waals surface area contributed by atoms with Crippen LogP contribution in [0, 0.1) is 0 Å². The molecule has 0 saturated carbocycles. The molecule has 24 heavy (non-hydrogen) atoms. The minimum Gasteiger partial charge on any atom is -0.493 e. The van der Waals surface area contributed by atoms with Crippen LogP contribution in [0.2, 0.25) is 0 Å². The van der Waals surface area contributed by atoms with Gasteiger partial charge in [-0.15, -0.1) is 0 Å². The van der Waals surface area contributed by atoms with Crippen LogP contribution in [-0.4, -0.2) is 66.0 Å². The molecular formula is C16H20N4O4. The molecule has 3 N–H and O–H groups in total. The topological polar surface area (TPSA) is 98.0 Å². The maximum absolute atomic E-state index is 12.4. The molecule has 2 aromatic rings. The number of pyridine rings is 1. The van der Waals surface area contributed by atoms with Crippen LogP contribution in [0.25, 0.3) is 10.9 Å². The van der Waals surface area contributed by atoms with E-state index < -0.39 is 22.8 Å². The number of hydrogen-bond donors (Lipinski definition) is 3. The summed E-state index contributed by atoms with van der Waals surface area (Å²) < 4.78 is 1.22. The Hall–Kier alpha value is -2.74. The number of aromatic hydroxyl groups is 1. The first-order valence-electron chi connectivity index (χ1n) is 7.70. The normalized spacial score (nSPS) is 15.7. The van der Waals surface area contributed by atoms with E-state index >= 15 is 0 Å². The SMILES string of the molecule is CNn1c(O)c(C(=O)O)c(=O)c2ccc(N3CCN(C)CC3)cc21. The van der Waals surface area contributed by atoms with Gasteiger partial charge in [0.2, 0.25) is 11.3 Å². The predicted molar refractivity (Wildman–Crippen MR) is 91.8 cm³/mol. The van der Waals surface area contributed by atoms with Gasteiger partial charge in [0.05, 0.1) is 5.52 Å². The van der Waals surface area contributed by atoms with E-state index in [4.69, 9.17) is 0 Å². The number of hydrogen-bond acceptors (Lipinski definition) is 6. The van der Waals surface area contributed by atoms with Gasteiger partial charge < -0.3 is 25.4 Å². The number of aromatic nitrogens is 1. The lowest BCUT2D eigenvalue weighted by molar-refractivity contribution is 0.0691. The molecule has 3 rings (SSSR count). The van der Waals surface area contributed by atoms with Crippen molar-refractivity contribution in [1.29, 1.82) is 0 Å². The molecule has 0 amide bonds. The highest BCUT2D eigenvalue weighted by molar-refractivity contribution is 5.96. The minimum atomic E-state index is -1.45. The van der Waals surface area contributed by atoms with E-state index in [1.54, 1.807) is 19.2 Å². The van der Waals surface area contributed by atoms with Gasteiger partial charge in [-0.3, -0.25) is 4.79 Å². The Labute approximate surface area is 138 Å². The Balaban J connectivity index is 2.18. The fraction of sp³-hybridized carbons (Fsp3) is 0.375. The van der Waals surface area contributed by atoms with Gasteiger partial charge in [0.25, 0.3) is 0 Å². The summed E-state index contributed by atoms with van der Waals surface area (Å²) in [6.45, 7) is 3.62. The third kappa shape index (κ3) is 2.54. The Morgan fingerprint density at radius 2 is 1.88 bits per heavy atom. The molecule has 1 aliphatic heterocycles. The standard InChI is InChI=1S/C16H20N4O4/c1-17-20-12-9-10(19-7-5-18(2)6-8-19)3-4-11(12)14(21)13(15(20)22)16(23)24/h3-4,9,17,22H,5-8H2,1-2H3,(H,23,24). The number of aromatic carboxylic acids is 1. The third-order valence-corrected chi connectivity index (χ3v) is 4.44. The highest BCUT2D eigenvalue weighted by Gasteiger charge is 2.23. The fourth-order valence-electron chi connectivity index (χ4n) is 3.04. The number of piperazine rings is 1. The molecule has 0 radical (unpaired) electrons. The van der Waals surface area contributed by atoms with Crippen molar-refractivity contribution >= 4 is 22.6 Å². The van der Waals surface area contributed by atoms with Crippen molar-refractivity contribution in [2.75, 3.05) is 50.6 Å². The molecule has 1 aliphatic rings. The summed E-state index contributed by atoms with van der Waals surface area (Å²) in [7, 11) is 3.62. The van der Waals surface area contributed by atoms with Crippen molar-refractivity contribution in [2.24, 2.45) is 0 Å². The van der Waals surface area contributed by atoms with Crippen molar-refractivity contribution in [3.8, 4) is 5.88 Å². The third-order valence-electron chi connectivity index (χ3n) is 4.44. The zero-order valence-electron chi connectivity index (χ0n) is 13.6. The van der Waals surface area contributed by atoms with Gasteiger partial charge in [-0.25, -0.2) is 9.47 Å². The van der Waals surface area contributed by atoms with Gasteiger partial charge in [0.1, 0.15) is 0 Å². The van der Waals surface area contributed by atoms with E-state index in [0.29, 0.717) is 5.52 Å². The molecule has 1 saturated heterocycles. The number of carboxylic acid groups (broad SMARTS) is 1. The Morgan fingerprint density at radius 1 is 1.21 bits per heavy atom. The van der Waals surface area contributed by atoms with Crippen LogP contribution in [0.4, 0.5) is 5.69 Å². The summed E-state index contributed by atoms with van der Waals surface area (Å²) in [5, 5.41) is 19.6. The smallest absolute Gasteiger partial charge is 0.345 e. The zero-order valence-corrected chi connectivity index (χ0v) is 13.6. The van der Waals surface area contributed by atoms with Gasteiger partial charge in [-0.05, 0) is 25.2 Å². The van der Waals surface area contributed by atoms with Crippen LogP contribution in [-0.2, 0) is 0 Å². The van der Waals surface area contributed by atoms with Crippen LogP contribution in [0.3, 0.4) is 0 Å². The van der Waals surface area contributed by atoms with E-state index in [9.17, 15) is 19.8 Å². The average Bonchev–Trinajstić information content (AvgIpc) is 2.55. The summed E-state index contributed by atoms with van der Waals surface area (Å²) >= 11 is 0. The summed E-state index contributed by atoms with van der Waals surface area (Å²) in [6.07, 6.45) is 0. The number of carbonyl (C=O) groups is 1. The largest absolute Gasteiger partial charge is 0.493 e. The quantitative estimate of drug-likeness (QED) is 0.745.